The number of hydrogen-bond acceptors (Lipinski definition) is 8. The lowest BCUT2D eigenvalue weighted by Crippen LogP contribution is -2.43. The molecule has 3 heterocycles. The number of halogens is 1. The number of fused-ring (bicyclic) bond motifs is 1. The summed E-state index contributed by atoms with van der Waals surface area (Å²) >= 11 is 6.40. The van der Waals surface area contributed by atoms with Crippen molar-refractivity contribution in [3.05, 3.63) is 53.2 Å². The van der Waals surface area contributed by atoms with Crippen molar-refractivity contribution in [1.29, 1.82) is 0 Å². The zero-order chi connectivity index (χ0) is 23.7. The first-order valence-corrected chi connectivity index (χ1v) is 14.3. The van der Waals surface area contributed by atoms with E-state index in [0.29, 0.717) is 29.1 Å². The van der Waals surface area contributed by atoms with Gasteiger partial charge < -0.3 is 30.2 Å². The topological polar surface area (TPSA) is 91.4 Å². The second-order valence-electron chi connectivity index (χ2n) is 8.78. The molecule has 2 aliphatic heterocycles. The maximum Gasteiger partial charge on any atom is 0.229 e. The van der Waals surface area contributed by atoms with Gasteiger partial charge in [-0.2, -0.15) is 4.98 Å². The summed E-state index contributed by atoms with van der Waals surface area (Å²) in [5, 5.41) is 11.1. The van der Waals surface area contributed by atoms with Crippen LogP contribution in [0.2, 0.25) is 5.02 Å². The standard InChI is InChI=1S/C24H28ClN6O2P/c1-34(2,32)21-6-4-3-5-18(21)28-23-17(25)15-27-24(30-23)29-19-7-8-20(16-9-14-33-22(16)19)31-12-10-26-11-13-31/h3-8,15,26H,9-14H2,1-2H3,(H2,27,28,29,30). The summed E-state index contributed by atoms with van der Waals surface area (Å²) in [6.45, 7) is 8.08. The third-order valence-corrected chi connectivity index (χ3v) is 7.85. The first-order valence-electron chi connectivity index (χ1n) is 11.4. The molecular weight excluding hydrogens is 471 g/mol. The summed E-state index contributed by atoms with van der Waals surface area (Å²) in [5.41, 5.74) is 3.99. The summed E-state index contributed by atoms with van der Waals surface area (Å²) in [6.07, 6.45) is 2.43. The Morgan fingerprint density at radius 2 is 1.88 bits per heavy atom. The van der Waals surface area contributed by atoms with Gasteiger partial charge in [0, 0.05) is 49.2 Å². The van der Waals surface area contributed by atoms with E-state index < -0.39 is 7.14 Å². The van der Waals surface area contributed by atoms with Gasteiger partial charge in [0.05, 0.1) is 24.2 Å². The van der Waals surface area contributed by atoms with Gasteiger partial charge in [-0.3, -0.25) is 0 Å². The summed E-state index contributed by atoms with van der Waals surface area (Å²) in [5.74, 6) is 1.69. The number of hydrogen-bond donors (Lipinski definition) is 3. The van der Waals surface area contributed by atoms with Gasteiger partial charge >= 0.3 is 0 Å². The second-order valence-corrected chi connectivity index (χ2v) is 12.4. The summed E-state index contributed by atoms with van der Waals surface area (Å²) in [4.78, 5) is 11.4. The Kier molecular flexibility index (Phi) is 6.38. The average molecular weight is 499 g/mol. The van der Waals surface area contributed by atoms with Gasteiger partial charge in [-0.1, -0.05) is 23.7 Å². The fourth-order valence-electron chi connectivity index (χ4n) is 4.39. The normalized spacial score (nSPS) is 15.6. The van der Waals surface area contributed by atoms with E-state index >= 15 is 0 Å². The van der Waals surface area contributed by atoms with Gasteiger partial charge in [0.2, 0.25) is 5.95 Å². The molecule has 3 N–H and O–H groups in total. The molecule has 1 aromatic heterocycles. The molecule has 34 heavy (non-hydrogen) atoms. The van der Waals surface area contributed by atoms with Crippen LogP contribution in [0, 0.1) is 0 Å². The zero-order valence-electron chi connectivity index (χ0n) is 19.3. The van der Waals surface area contributed by atoms with Crippen molar-refractivity contribution in [2.24, 2.45) is 0 Å². The molecule has 2 aromatic carbocycles. The van der Waals surface area contributed by atoms with Crippen LogP contribution in [-0.2, 0) is 11.0 Å². The molecule has 1 saturated heterocycles. The van der Waals surface area contributed by atoms with E-state index in [1.54, 1.807) is 19.5 Å². The maximum absolute atomic E-state index is 12.7. The lowest BCUT2D eigenvalue weighted by atomic mass is 10.1. The van der Waals surface area contributed by atoms with Gasteiger partial charge in [-0.05, 0) is 37.6 Å². The van der Waals surface area contributed by atoms with Crippen molar-refractivity contribution in [2.45, 2.75) is 6.42 Å². The Morgan fingerprint density at radius 3 is 2.68 bits per heavy atom. The summed E-state index contributed by atoms with van der Waals surface area (Å²) < 4.78 is 18.7. The van der Waals surface area contributed by atoms with Crippen LogP contribution in [0.5, 0.6) is 5.75 Å². The first-order chi connectivity index (χ1) is 16.4. The van der Waals surface area contributed by atoms with Crippen LogP contribution in [0.1, 0.15) is 5.56 Å². The van der Waals surface area contributed by atoms with Crippen LogP contribution < -0.4 is 30.9 Å². The summed E-state index contributed by atoms with van der Waals surface area (Å²) in [7, 11) is -2.49. The highest BCUT2D eigenvalue weighted by molar-refractivity contribution is 7.70. The first kappa shape index (κ1) is 23.0. The lowest BCUT2D eigenvalue weighted by molar-refractivity contribution is 0.358. The predicted molar refractivity (Wildman–Crippen MR) is 140 cm³/mol. The minimum atomic E-state index is -2.49. The van der Waals surface area contributed by atoms with Crippen molar-refractivity contribution in [3.63, 3.8) is 0 Å². The van der Waals surface area contributed by atoms with Crippen LogP contribution >= 0.6 is 18.7 Å². The maximum atomic E-state index is 12.7. The highest BCUT2D eigenvalue weighted by Crippen LogP contribution is 2.42. The molecule has 5 rings (SSSR count). The minimum absolute atomic E-state index is 0.373. The van der Waals surface area contributed by atoms with Crippen LogP contribution in [0.3, 0.4) is 0 Å². The molecule has 2 aliphatic rings. The SMILES string of the molecule is CP(C)(=O)c1ccccc1Nc1nc(Nc2ccc(N3CCNCC3)c3c2OCC3)ncc1Cl. The highest BCUT2D eigenvalue weighted by atomic mass is 35.5. The highest BCUT2D eigenvalue weighted by Gasteiger charge is 2.25. The number of benzene rings is 2. The van der Waals surface area contributed by atoms with Gasteiger partial charge in [-0.15, -0.1) is 0 Å². The molecule has 178 valence electrons. The number of ether oxygens (including phenoxy) is 1. The smallest absolute Gasteiger partial charge is 0.229 e. The Bertz CT molecular complexity index is 1260. The molecule has 0 bridgehead atoms. The Hall–Kier alpha value is -2.80. The minimum Gasteiger partial charge on any atom is -0.491 e. The van der Waals surface area contributed by atoms with Crippen molar-refractivity contribution in [1.82, 2.24) is 15.3 Å². The fourth-order valence-corrected chi connectivity index (χ4v) is 5.69. The molecule has 8 nitrogen and oxygen atoms in total. The number of rotatable bonds is 6. The number of nitrogens with zero attached hydrogens (tertiary/aromatic N) is 3. The van der Waals surface area contributed by atoms with E-state index in [2.05, 4.69) is 36.9 Å². The third kappa shape index (κ3) is 4.71. The molecule has 0 amide bonds. The fraction of sp³-hybridized carbons (Fsp3) is 0.333. The molecular formula is C24H28ClN6O2P. The molecule has 0 aliphatic carbocycles. The number of piperazine rings is 1. The molecule has 10 heteroatoms. The zero-order valence-corrected chi connectivity index (χ0v) is 20.9. The van der Waals surface area contributed by atoms with Crippen molar-refractivity contribution >= 4 is 52.9 Å². The van der Waals surface area contributed by atoms with E-state index in [1.807, 2.05) is 30.3 Å². The van der Waals surface area contributed by atoms with E-state index in [4.69, 9.17) is 16.3 Å². The molecule has 3 aromatic rings. The monoisotopic (exact) mass is 498 g/mol. The number of para-hydroxylation sites is 1. The van der Waals surface area contributed by atoms with Crippen molar-refractivity contribution in [3.8, 4) is 5.75 Å². The van der Waals surface area contributed by atoms with E-state index in [0.717, 1.165) is 49.3 Å². The van der Waals surface area contributed by atoms with E-state index in [-0.39, 0.29) is 0 Å². The van der Waals surface area contributed by atoms with Gasteiger partial charge in [0.15, 0.2) is 5.82 Å². The number of aromatic nitrogens is 2. The molecule has 0 radical (unpaired) electrons. The molecule has 0 unspecified atom stereocenters. The largest absolute Gasteiger partial charge is 0.491 e. The molecule has 0 saturated carbocycles. The third-order valence-electron chi connectivity index (χ3n) is 6.02. The van der Waals surface area contributed by atoms with Gasteiger partial charge in [0.1, 0.15) is 17.9 Å². The number of anilines is 5. The second kappa shape index (κ2) is 9.45. The molecule has 1 fully saturated rings. The van der Waals surface area contributed by atoms with E-state index in [1.165, 1.54) is 11.3 Å². The molecule has 0 spiro atoms. The lowest BCUT2D eigenvalue weighted by Gasteiger charge is -2.31. The number of nitrogens with one attached hydrogen (secondary N) is 3. The Morgan fingerprint density at radius 1 is 1.09 bits per heavy atom. The summed E-state index contributed by atoms with van der Waals surface area (Å²) in [6, 6.07) is 11.7. The van der Waals surface area contributed by atoms with Crippen LogP contribution in [0.4, 0.5) is 28.8 Å². The quantitative estimate of drug-likeness (QED) is 0.435. The van der Waals surface area contributed by atoms with Crippen LogP contribution in [0.25, 0.3) is 0 Å². The molecule has 0 atom stereocenters. The van der Waals surface area contributed by atoms with Gasteiger partial charge in [0.25, 0.3) is 0 Å². The predicted octanol–water partition coefficient (Wildman–Crippen LogP) is 4.21. The van der Waals surface area contributed by atoms with Crippen molar-refractivity contribution in [2.75, 3.05) is 61.6 Å². The Labute approximate surface area is 204 Å². The van der Waals surface area contributed by atoms with Gasteiger partial charge in [-0.25, -0.2) is 4.98 Å². The Balaban J connectivity index is 1.42. The van der Waals surface area contributed by atoms with Crippen molar-refractivity contribution < 1.29 is 9.30 Å². The van der Waals surface area contributed by atoms with Crippen LogP contribution in [-0.4, -0.2) is 56.1 Å². The van der Waals surface area contributed by atoms with Crippen LogP contribution in [0.15, 0.2) is 42.6 Å². The van der Waals surface area contributed by atoms with E-state index in [9.17, 15) is 4.57 Å². The average Bonchev–Trinajstić information content (AvgIpc) is 3.32.